The van der Waals surface area contributed by atoms with E-state index in [1.54, 1.807) is 18.2 Å². The number of aliphatic hydroxyl groups is 1. The summed E-state index contributed by atoms with van der Waals surface area (Å²) in [5.41, 5.74) is 6.53. The minimum atomic E-state index is -0.619. The van der Waals surface area contributed by atoms with Crippen molar-refractivity contribution in [3.63, 3.8) is 0 Å². The Morgan fingerprint density at radius 2 is 2.06 bits per heavy atom. The van der Waals surface area contributed by atoms with Crippen molar-refractivity contribution in [3.05, 3.63) is 23.8 Å². The number of ether oxygens (including phenoxy) is 1. The first-order chi connectivity index (χ1) is 8.15. The molecule has 1 aromatic carbocycles. The van der Waals surface area contributed by atoms with E-state index in [4.69, 9.17) is 10.5 Å². The zero-order valence-electron chi connectivity index (χ0n) is 10.4. The van der Waals surface area contributed by atoms with Crippen LogP contribution in [0.5, 0.6) is 11.5 Å². The summed E-state index contributed by atoms with van der Waals surface area (Å²) in [6.45, 7) is 0. The van der Waals surface area contributed by atoms with Crippen LogP contribution >= 0.6 is 12.4 Å². The van der Waals surface area contributed by atoms with Crippen molar-refractivity contribution in [2.45, 2.75) is 31.4 Å². The molecule has 0 radical (unpaired) electrons. The van der Waals surface area contributed by atoms with Crippen LogP contribution in [0.25, 0.3) is 0 Å². The van der Waals surface area contributed by atoms with Crippen LogP contribution in [0.1, 0.15) is 30.9 Å². The second-order valence-electron chi connectivity index (χ2n) is 4.60. The van der Waals surface area contributed by atoms with E-state index < -0.39 is 12.1 Å². The Morgan fingerprint density at radius 3 is 2.56 bits per heavy atom. The number of phenolic OH excluding ortho intramolecular Hbond substituents is 1. The van der Waals surface area contributed by atoms with E-state index in [1.807, 2.05) is 0 Å². The molecule has 1 aliphatic rings. The largest absolute Gasteiger partial charge is 0.507 e. The van der Waals surface area contributed by atoms with Gasteiger partial charge in [0.15, 0.2) is 0 Å². The monoisotopic (exact) mass is 273 g/mol. The maximum atomic E-state index is 10.1. The lowest BCUT2D eigenvalue weighted by Gasteiger charge is -2.34. The molecule has 1 aromatic rings. The SMILES string of the molecule is COc1cccc(O)c1[C@H](N)[C@H](O)C1CCC1.Cl. The quantitative estimate of drug-likeness (QED) is 0.784. The Balaban J connectivity index is 0.00000162. The molecule has 0 spiro atoms. The van der Waals surface area contributed by atoms with Crippen LogP contribution in [-0.4, -0.2) is 23.4 Å². The molecule has 0 unspecified atom stereocenters. The molecule has 0 saturated heterocycles. The Hall–Kier alpha value is -0.970. The summed E-state index contributed by atoms with van der Waals surface area (Å²) in [5.74, 6) is 0.848. The molecular formula is C13H20ClNO3. The van der Waals surface area contributed by atoms with Gasteiger partial charge in [0.25, 0.3) is 0 Å². The third-order valence-corrected chi connectivity index (χ3v) is 3.60. The molecule has 0 aliphatic heterocycles. The Kier molecular flexibility index (Phi) is 5.26. The van der Waals surface area contributed by atoms with E-state index in [2.05, 4.69) is 0 Å². The van der Waals surface area contributed by atoms with Gasteiger partial charge in [-0.15, -0.1) is 12.4 Å². The summed E-state index contributed by atoms with van der Waals surface area (Å²) in [7, 11) is 1.53. The molecule has 4 N–H and O–H groups in total. The molecule has 1 aliphatic carbocycles. The van der Waals surface area contributed by atoms with Crippen molar-refractivity contribution in [2.24, 2.45) is 11.7 Å². The molecule has 0 heterocycles. The van der Waals surface area contributed by atoms with Gasteiger partial charge < -0.3 is 20.7 Å². The van der Waals surface area contributed by atoms with E-state index in [-0.39, 0.29) is 24.1 Å². The highest BCUT2D eigenvalue weighted by Crippen LogP contribution is 2.39. The van der Waals surface area contributed by atoms with Crippen molar-refractivity contribution < 1.29 is 14.9 Å². The number of rotatable bonds is 4. The first-order valence-corrected chi connectivity index (χ1v) is 5.94. The van der Waals surface area contributed by atoms with E-state index >= 15 is 0 Å². The molecule has 102 valence electrons. The van der Waals surface area contributed by atoms with Crippen molar-refractivity contribution >= 4 is 12.4 Å². The van der Waals surface area contributed by atoms with Crippen LogP contribution in [0.2, 0.25) is 0 Å². The zero-order valence-corrected chi connectivity index (χ0v) is 11.2. The standard InChI is InChI=1S/C13H19NO3.ClH/c1-17-10-7-3-6-9(15)11(10)12(14)13(16)8-4-2-5-8;/h3,6-8,12-13,15-16H,2,4-5,14H2,1H3;1H/t12-,13+;/m0./s1. The predicted molar refractivity (Wildman–Crippen MR) is 72.2 cm³/mol. The molecule has 5 heteroatoms. The van der Waals surface area contributed by atoms with Crippen molar-refractivity contribution in [3.8, 4) is 11.5 Å². The minimum Gasteiger partial charge on any atom is -0.507 e. The minimum absolute atomic E-state index is 0. The molecule has 2 rings (SSSR count). The van der Waals surface area contributed by atoms with Gasteiger partial charge in [0.1, 0.15) is 11.5 Å². The normalized spacial score (nSPS) is 18.4. The van der Waals surface area contributed by atoms with E-state index in [0.29, 0.717) is 11.3 Å². The van der Waals surface area contributed by atoms with Gasteiger partial charge in [-0.3, -0.25) is 0 Å². The average molecular weight is 274 g/mol. The second-order valence-corrected chi connectivity index (χ2v) is 4.60. The lowest BCUT2D eigenvalue weighted by atomic mass is 9.77. The summed E-state index contributed by atoms with van der Waals surface area (Å²) >= 11 is 0. The van der Waals surface area contributed by atoms with Crippen molar-refractivity contribution in [2.75, 3.05) is 7.11 Å². The van der Waals surface area contributed by atoms with Crippen LogP contribution in [0.4, 0.5) is 0 Å². The molecule has 0 aromatic heterocycles. The van der Waals surface area contributed by atoms with Gasteiger partial charge in [0.05, 0.1) is 24.8 Å². The number of aromatic hydroxyl groups is 1. The number of phenols is 1. The van der Waals surface area contributed by atoms with Crippen molar-refractivity contribution in [1.29, 1.82) is 0 Å². The summed E-state index contributed by atoms with van der Waals surface area (Å²) < 4.78 is 5.18. The van der Waals surface area contributed by atoms with E-state index in [1.165, 1.54) is 7.11 Å². The third kappa shape index (κ3) is 2.71. The van der Waals surface area contributed by atoms with Gasteiger partial charge in [0, 0.05) is 0 Å². The predicted octanol–water partition coefficient (Wildman–Crippen LogP) is 1.98. The molecule has 0 bridgehead atoms. The van der Waals surface area contributed by atoms with Crippen LogP contribution in [-0.2, 0) is 0 Å². The molecule has 18 heavy (non-hydrogen) atoms. The average Bonchev–Trinajstić information content (AvgIpc) is 2.25. The van der Waals surface area contributed by atoms with Gasteiger partial charge >= 0.3 is 0 Å². The Bertz CT molecular complexity index is 396. The number of nitrogens with two attached hydrogens (primary N) is 1. The molecule has 4 nitrogen and oxygen atoms in total. The molecule has 1 fully saturated rings. The van der Waals surface area contributed by atoms with Crippen molar-refractivity contribution in [1.82, 2.24) is 0 Å². The number of methoxy groups -OCH3 is 1. The summed E-state index contributed by atoms with van der Waals surface area (Å²) in [6.07, 6.45) is 2.54. The van der Waals surface area contributed by atoms with Gasteiger partial charge in [-0.2, -0.15) is 0 Å². The maximum absolute atomic E-state index is 10.1. The Morgan fingerprint density at radius 1 is 1.39 bits per heavy atom. The second kappa shape index (κ2) is 6.27. The fourth-order valence-corrected chi connectivity index (χ4v) is 2.29. The fourth-order valence-electron chi connectivity index (χ4n) is 2.29. The lowest BCUT2D eigenvalue weighted by molar-refractivity contribution is 0.0401. The van der Waals surface area contributed by atoms with Gasteiger partial charge in [-0.1, -0.05) is 12.5 Å². The fraction of sp³-hybridized carbons (Fsp3) is 0.538. The first kappa shape index (κ1) is 15.1. The number of halogens is 1. The van der Waals surface area contributed by atoms with Gasteiger partial charge in [0.2, 0.25) is 0 Å². The number of hydrogen-bond acceptors (Lipinski definition) is 4. The topological polar surface area (TPSA) is 75.7 Å². The highest BCUT2D eigenvalue weighted by Gasteiger charge is 2.33. The molecule has 1 saturated carbocycles. The number of benzene rings is 1. The van der Waals surface area contributed by atoms with Gasteiger partial charge in [-0.25, -0.2) is 0 Å². The summed E-state index contributed by atoms with van der Waals surface area (Å²) in [5, 5.41) is 20.0. The van der Waals surface area contributed by atoms with E-state index in [0.717, 1.165) is 19.3 Å². The third-order valence-electron chi connectivity index (χ3n) is 3.60. The first-order valence-electron chi connectivity index (χ1n) is 5.94. The highest BCUT2D eigenvalue weighted by atomic mass is 35.5. The van der Waals surface area contributed by atoms with Gasteiger partial charge in [-0.05, 0) is 30.9 Å². The highest BCUT2D eigenvalue weighted by molar-refractivity contribution is 5.85. The smallest absolute Gasteiger partial charge is 0.127 e. The maximum Gasteiger partial charge on any atom is 0.127 e. The lowest BCUT2D eigenvalue weighted by Crippen LogP contribution is -2.36. The molecule has 0 amide bonds. The van der Waals surface area contributed by atoms with Crippen LogP contribution in [0.3, 0.4) is 0 Å². The summed E-state index contributed by atoms with van der Waals surface area (Å²) in [4.78, 5) is 0. The van der Waals surface area contributed by atoms with Crippen LogP contribution in [0.15, 0.2) is 18.2 Å². The molecular weight excluding hydrogens is 254 g/mol. The number of aliphatic hydroxyl groups excluding tert-OH is 1. The Labute approximate surface area is 113 Å². The van der Waals surface area contributed by atoms with E-state index in [9.17, 15) is 10.2 Å². The zero-order chi connectivity index (χ0) is 12.4. The number of hydrogen-bond donors (Lipinski definition) is 3. The van der Waals surface area contributed by atoms with Crippen LogP contribution < -0.4 is 10.5 Å². The van der Waals surface area contributed by atoms with Crippen LogP contribution in [0, 0.1) is 5.92 Å². The summed E-state index contributed by atoms with van der Waals surface area (Å²) in [6, 6.07) is 4.39. The molecule has 2 atom stereocenters.